The highest BCUT2D eigenvalue weighted by molar-refractivity contribution is 6.11. The quantitative estimate of drug-likeness (QED) is 0.712. The maximum atomic E-state index is 12.3. The highest BCUT2D eigenvalue weighted by Crippen LogP contribution is 2.20. The van der Waals surface area contributed by atoms with Crippen molar-refractivity contribution in [1.82, 2.24) is 9.80 Å². The topological polar surface area (TPSA) is 51.2 Å². The fraction of sp³-hybridized carbons (Fsp3) is 0.938. The van der Waals surface area contributed by atoms with E-state index in [2.05, 4.69) is 25.7 Å². The first-order chi connectivity index (χ1) is 11.2. The van der Waals surface area contributed by atoms with Gasteiger partial charge in [0.1, 0.15) is 28.4 Å². The van der Waals surface area contributed by atoms with Crippen LogP contribution in [0.4, 0.5) is 4.79 Å². The lowest BCUT2D eigenvalue weighted by Gasteiger charge is -2.44. The molecule has 0 aromatic heterocycles. The Bertz CT molecular complexity index is 433. The molecule has 4 radical (unpaired) electrons. The van der Waals surface area contributed by atoms with Gasteiger partial charge in [0.25, 0.3) is 0 Å². The van der Waals surface area contributed by atoms with Gasteiger partial charge in [-0.1, -0.05) is 6.92 Å². The highest BCUT2D eigenvalue weighted by atomic mass is 16.6. The Hall–Kier alpha value is -0.720. The standard InChI is InChI=1S/C16H28B2N2O4/c1-5-11-6-19(8-13(17)23-11)15(21)22-10-12-7-20(16(2,3)4)9-14(18)24-12/h11-14H,5-10H2,1-4H3/t11?,12?,13-,14-/m1/s1. The van der Waals surface area contributed by atoms with Crippen molar-refractivity contribution in [2.24, 2.45) is 0 Å². The Labute approximate surface area is 148 Å². The minimum Gasteiger partial charge on any atom is -0.447 e. The van der Waals surface area contributed by atoms with E-state index in [1.807, 2.05) is 6.92 Å². The van der Waals surface area contributed by atoms with E-state index in [4.69, 9.17) is 29.9 Å². The summed E-state index contributed by atoms with van der Waals surface area (Å²) in [7, 11) is 11.8. The SMILES string of the molecule is [B][C@H]1CN(C(=O)OCC2CN(C(C)(C)C)C[C@H]([B])O2)CC(CC)O1. The number of ether oxygens (including phenoxy) is 3. The highest BCUT2D eigenvalue weighted by Gasteiger charge is 2.33. The van der Waals surface area contributed by atoms with Crippen LogP contribution in [0, 0.1) is 0 Å². The number of morpholine rings is 2. The van der Waals surface area contributed by atoms with Crippen LogP contribution in [0.3, 0.4) is 0 Å². The van der Waals surface area contributed by atoms with Gasteiger partial charge in [0, 0.05) is 37.2 Å². The molecule has 2 fully saturated rings. The Balaban J connectivity index is 1.84. The summed E-state index contributed by atoms with van der Waals surface area (Å²) in [5.41, 5.74) is -0.00497. The number of hydrogen-bond acceptors (Lipinski definition) is 5. The second-order valence-corrected chi connectivity index (χ2v) is 7.56. The van der Waals surface area contributed by atoms with Gasteiger partial charge >= 0.3 is 6.09 Å². The lowest BCUT2D eigenvalue weighted by Crippen LogP contribution is -2.56. The van der Waals surface area contributed by atoms with Gasteiger partial charge in [-0.2, -0.15) is 0 Å². The van der Waals surface area contributed by atoms with Crippen LogP contribution in [0.1, 0.15) is 34.1 Å². The van der Waals surface area contributed by atoms with Crippen LogP contribution < -0.4 is 0 Å². The van der Waals surface area contributed by atoms with Crippen LogP contribution in [0.25, 0.3) is 0 Å². The smallest absolute Gasteiger partial charge is 0.410 e. The molecule has 0 saturated carbocycles. The average Bonchev–Trinajstić information content (AvgIpc) is 2.50. The molecule has 4 atom stereocenters. The van der Waals surface area contributed by atoms with Crippen LogP contribution in [-0.4, -0.2) is 94.1 Å². The predicted molar refractivity (Wildman–Crippen MR) is 93.4 cm³/mol. The number of rotatable bonds is 3. The summed E-state index contributed by atoms with van der Waals surface area (Å²) in [4.78, 5) is 16.2. The largest absolute Gasteiger partial charge is 0.447 e. The molecule has 0 bridgehead atoms. The van der Waals surface area contributed by atoms with Crippen molar-refractivity contribution >= 4 is 21.8 Å². The predicted octanol–water partition coefficient (Wildman–Crippen LogP) is 0.722. The molecule has 2 heterocycles. The Morgan fingerprint density at radius 1 is 1.08 bits per heavy atom. The van der Waals surface area contributed by atoms with E-state index in [0.717, 1.165) is 6.42 Å². The molecule has 132 valence electrons. The van der Waals surface area contributed by atoms with Crippen molar-refractivity contribution < 1.29 is 19.0 Å². The lowest BCUT2D eigenvalue weighted by molar-refractivity contribution is -0.100. The van der Waals surface area contributed by atoms with E-state index >= 15 is 0 Å². The molecule has 2 rings (SSSR count). The minimum absolute atomic E-state index is 0.00497. The lowest BCUT2D eigenvalue weighted by atomic mass is 9.94. The summed E-state index contributed by atoms with van der Waals surface area (Å²) >= 11 is 0. The van der Waals surface area contributed by atoms with E-state index in [9.17, 15) is 4.79 Å². The summed E-state index contributed by atoms with van der Waals surface area (Å²) in [6.07, 6.45) is 0.154. The summed E-state index contributed by atoms with van der Waals surface area (Å²) in [5, 5.41) is 0. The second kappa shape index (κ2) is 8.11. The van der Waals surface area contributed by atoms with Gasteiger partial charge in [-0.25, -0.2) is 4.79 Å². The Morgan fingerprint density at radius 2 is 1.71 bits per heavy atom. The molecule has 1 amide bonds. The van der Waals surface area contributed by atoms with Gasteiger partial charge in [-0.3, -0.25) is 4.90 Å². The van der Waals surface area contributed by atoms with Gasteiger partial charge in [0.05, 0.1) is 12.6 Å². The molecule has 0 aliphatic carbocycles. The zero-order valence-electron chi connectivity index (χ0n) is 15.2. The zero-order valence-corrected chi connectivity index (χ0v) is 15.2. The van der Waals surface area contributed by atoms with Crippen LogP contribution in [0.15, 0.2) is 0 Å². The number of amides is 1. The molecule has 2 aliphatic heterocycles. The maximum absolute atomic E-state index is 12.3. The van der Waals surface area contributed by atoms with Gasteiger partial charge < -0.3 is 19.1 Å². The van der Waals surface area contributed by atoms with Crippen LogP contribution in [0.2, 0.25) is 0 Å². The van der Waals surface area contributed by atoms with Gasteiger partial charge in [-0.15, -0.1) is 0 Å². The van der Waals surface area contributed by atoms with Crippen molar-refractivity contribution in [3.63, 3.8) is 0 Å². The number of carbonyl (C=O) groups is 1. The average molecular weight is 334 g/mol. The van der Waals surface area contributed by atoms with Crippen molar-refractivity contribution in [1.29, 1.82) is 0 Å². The molecule has 2 unspecified atom stereocenters. The Kier molecular flexibility index (Phi) is 6.62. The first kappa shape index (κ1) is 19.6. The summed E-state index contributed by atoms with van der Waals surface area (Å²) in [5.74, 6) is 0. The molecular weight excluding hydrogens is 306 g/mol. The molecule has 6 nitrogen and oxygen atoms in total. The molecule has 0 N–H and O–H groups in total. The molecule has 0 spiro atoms. The first-order valence-corrected chi connectivity index (χ1v) is 8.68. The zero-order chi connectivity index (χ0) is 17.9. The summed E-state index contributed by atoms with van der Waals surface area (Å²) < 4.78 is 16.7. The van der Waals surface area contributed by atoms with Crippen LogP contribution in [0.5, 0.6) is 0 Å². The maximum Gasteiger partial charge on any atom is 0.410 e. The van der Waals surface area contributed by atoms with Crippen LogP contribution in [-0.2, 0) is 14.2 Å². The van der Waals surface area contributed by atoms with Gasteiger partial charge in [0.2, 0.25) is 0 Å². The van der Waals surface area contributed by atoms with Crippen molar-refractivity contribution in [3.8, 4) is 0 Å². The third-order valence-electron chi connectivity index (χ3n) is 4.44. The fourth-order valence-electron chi connectivity index (χ4n) is 3.01. The number of carbonyl (C=O) groups excluding carboxylic acids is 1. The Morgan fingerprint density at radius 3 is 2.33 bits per heavy atom. The first-order valence-electron chi connectivity index (χ1n) is 8.68. The van der Waals surface area contributed by atoms with Gasteiger partial charge in [0.15, 0.2) is 0 Å². The van der Waals surface area contributed by atoms with E-state index in [1.54, 1.807) is 4.90 Å². The molecule has 24 heavy (non-hydrogen) atoms. The van der Waals surface area contributed by atoms with Gasteiger partial charge in [-0.05, 0) is 27.2 Å². The molecule has 0 aromatic rings. The third kappa shape index (κ3) is 5.39. The van der Waals surface area contributed by atoms with Crippen molar-refractivity contribution in [3.05, 3.63) is 0 Å². The molecule has 0 aromatic carbocycles. The molecule has 8 heteroatoms. The molecule has 2 saturated heterocycles. The van der Waals surface area contributed by atoms with E-state index < -0.39 is 6.00 Å². The van der Waals surface area contributed by atoms with E-state index in [-0.39, 0.29) is 36.5 Å². The summed E-state index contributed by atoms with van der Waals surface area (Å²) in [6.45, 7) is 10.8. The van der Waals surface area contributed by atoms with E-state index in [0.29, 0.717) is 26.2 Å². The fourth-order valence-corrected chi connectivity index (χ4v) is 3.01. The van der Waals surface area contributed by atoms with E-state index in [1.165, 1.54) is 0 Å². The minimum atomic E-state index is -0.466. The van der Waals surface area contributed by atoms with Crippen LogP contribution >= 0.6 is 0 Å². The number of hydrogen-bond donors (Lipinski definition) is 0. The molecular formula is C16H28B2N2O4. The molecule has 2 aliphatic rings. The normalized spacial score (nSPS) is 32.6. The van der Waals surface area contributed by atoms with Crippen molar-refractivity contribution in [2.45, 2.75) is 63.9 Å². The monoisotopic (exact) mass is 334 g/mol. The van der Waals surface area contributed by atoms with Crippen molar-refractivity contribution in [2.75, 3.05) is 32.8 Å². The third-order valence-corrected chi connectivity index (χ3v) is 4.44. The summed E-state index contributed by atoms with van der Waals surface area (Å²) in [6, 6.07) is -0.838. The number of nitrogens with zero attached hydrogens (tertiary/aromatic N) is 2. The second-order valence-electron chi connectivity index (χ2n) is 7.56.